The molecular weight excluding hydrogens is 338 g/mol. The summed E-state index contributed by atoms with van der Waals surface area (Å²) >= 11 is 3.42. The Morgan fingerprint density at radius 1 is 1.57 bits per heavy atom. The van der Waals surface area contributed by atoms with E-state index in [1.807, 2.05) is 10.6 Å². The number of fused-ring (bicyclic) bond motifs is 1. The van der Waals surface area contributed by atoms with Crippen molar-refractivity contribution in [2.24, 2.45) is 5.92 Å². The number of nitrogen functional groups attached to an aromatic ring is 1. The number of nitrogens with two attached hydrogens (primary N) is 1. The number of ether oxygens (including phenoxy) is 1. The first kappa shape index (κ1) is 14.1. The molecule has 0 aromatic carbocycles. The van der Waals surface area contributed by atoms with Crippen molar-refractivity contribution in [2.75, 3.05) is 30.8 Å². The fraction of sp³-hybridized carbons (Fsp3) is 0.462. The number of aromatic nitrogens is 3. The molecule has 0 amide bonds. The number of piperidine rings is 1. The largest absolute Gasteiger partial charge is 0.469 e. The van der Waals surface area contributed by atoms with E-state index in [2.05, 4.69) is 30.8 Å². The Bertz CT molecular complexity index is 686. The number of hydrogen-bond donors (Lipinski definition) is 1. The molecule has 7 nitrogen and oxygen atoms in total. The third-order valence-electron chi connectivity index (χ3n) is 3.76. The molecule has 3 rings (SSSR count). The summed E-state index contributed by atoms with van der Waals surface area (Å²) in [7, 11) is 1.43. The number of imidazole rings is 1. The molecule has 1 saturated heterocycles. The minimum Gasteiger partial charge on any atom is -0.469 e. The van der Waals surface area contributed by atoms with Crippen LogP contribution in [0.15, 0.2) is 17.0 Å². The monoisotopic (exact) mass is 353 g/mol. The topological polar surface area (TPSA) is 85.8 Å². The molecule has 0 radical (unpaired) electrons. The first-order chi connectivity index (χ1) is 10.1. The average Bonchev–Trinajstić information content (AvgIpc) is 2.85. The van der Waals surface area contributed by atoms with Gasteiger partial charge < -0.3 is 15.4 Å². The third kappa shape index (κ3) is 2.44. The van der Waals surface area contributed by atoms with E-state index in [4.69, 9.17) is 10.5 Å². The van der Waals surface area contributed by atoms with Gasteiger partial charge in [0.05, 0.1) is 13.0 Å². The van der Waals surface area contributed by atoms with Crippen LogP contribution in [0.5, 0.6) is 0 Å². The predicted octanol–water partition coefficient (Wildman–Crippen LogP) is 1.46. The normalized spacial score (nSPS) is 19.0. The van der Waals surface area contributed by atoms with Crippen LogP contribution < -0.4 is 10.6 Å². The van der Waals surface area contributed by atoms with Crippen molar-refractivity contribution in [2.45, 2.75) is 12.8 Å². The Morgan fingerprint density at radius 3 is 3.14 bits per heavy atom. The van der Waals surface area contributed by atoms with Crippen LogP contribution in [-0.2, 0) is 9.53 Å². The van der Waals surface area contributed by atoms with E-state index in [9.17, 15) is 4.79 Å². The molecule has 0 bridgehead atoms. The van der Waals surface area contributed by atoms with Gasteiger partial charge in [0.15, 0.2) is 5.82 Å². The number of anilines is 2. The van der Waals surface area contributed by atoms with Gasteiger partial charge >= 0.3 is 5.97 Å². The van der Waals surface area contributed by atoms with Gasteiger partial charge in [-0.1, -0.05) is 0 Å². The lowest BCUT2D eigenvalue weighted by molar-refractivity contribution is -0.145. The van der Waals surface area contributed by atoms with Crippen LogP contribution in [0.1, 0.15) is 12.8 Å². The lowest BCUT2D eigenvalue weighted by atomic mass is 9.98. The van der Waals surface area contributed by atoms with E-state index in [0.717, 1.165) is 30.9 Å². The molecule has 2 aromatic rings. The highest BCUT2D eigenvalue weighted by atomic mass is 79.9. The van der Waals surface area contributed by atoms with Gasteiger partial charge in [0.25, 0.3) is 0 Å². The van der Waals surface area contributed by atoms with Crippen molar-refractivity contribution < 1.29 is 9.53 Å². The zero-order valence-corrected chi connectivity index (χ0v) is 13.2. The molecule has 8 heteroatoms. The van der Waals surface area contributed by atoms with Gasteiger partial charge in [-0.3, -0.25) is 9.20 Å². The van der Waals surface area contributed by atoms with Crippen molar-refractivity contribution in [3.05, 3.63) is 17.0 Å². The highest BCUT2D eigenvalue weighted by Gasteiger charge is 2.29. The van der Waals surface area contributed by atoms with Gasteiger partial charge in [-0.15, -0.1) is 0 Å². The second-order valence-corrected chi connectivity index (χ2v) is 5.79. The molecule has 1 atom stereocenters. The summed E-state index contributed by atoms with van der Waals surface area (Å²) in [6.45, 7) is 1.45. The SMILES string of the molecule is COC(=O)[C@H]1CCCN(c2nc(Br)c3c(N)nccn23)C1. The molecule has 2 N–H and O–H groups in total. The quantitative estimate of drug-likeness (QED) is 0.822. The molecular formula is C13H16BrN5O2. The van der Waals surface area contributed by atoms with Crippen molar-refractivity contribution in [3.8, 4) is 0 Å². The first-order valence-electron chi connectivity index (χ1n) is 6.72. The van der Waals surface area contributed by atoms with Crippen LogP contribution in [0.25, 0.3) is 5.52 Å². The molecule has 0 spiro atoms. The van der Waals surface area contributed by atoms with Gasteiger partial charge in [-0.2, -0.15) is 0 Å². The number of methoxy groups -OCH3 is 1. The summed E-state index contributed by atoms with van der Waals surface area (Å²) in [5.41, 5.74) is 6.65. The molecule has 1 aliphatic heterocycles. The highest BCUT2D eigenvalue weighted by Crippen LogP contribution is 2.29. The Kier molecular flexibility index (Phi) is 3.71. The van der Waals surface area contributed by atoms with Crippen LogP contribution in [-0.4, -0.2) is 40.5 Å². The zero-order valence-electron chi connectivity index (χ0n) is 11.6. The van der Waals surface area contributed by atoms with Crippen molar-refractivity contribution in [3.63, 3.8) is 0 Å². The van der Waals surface area contributed by atoms with E-state index in [0.29, 0.717) is 17.0 Å². The van der Waals surface area contributed by atoms with Gasteiger partial charge in [0, 0.05) is 25.5 Å². The van der Waals surface area contributed by atoms with Gasteiger partial charge in [-0.05, 0) is 28.8 Å². The van der Waals surface area contributed by atoms with E-state index < -0.39 is 0 Å². The van der Waals surface area contributed by atoms with E-state index >= 15 is 0 Å². The zero-order chi connectivity index (χ0) is 15.0. The Labute approximate surface area is 130 Å². The molecule has 0 aliphatic carbocycles. The smallest absolute Gasteiger partial charge is 0.310 e. The second kappa shape index (κ2) is 5.51. The van der Waals surface area contributed by atoms with E-state index in [1.54, 1.807) is 6.20 Å². The molecule has 3 heterocycles. The number of esters is 1. The second-order valence-electron chi connectivity index (χ2n) is 5.04. The average molecular weight is 354 g/mol. The number of carbonyl (C=O) groups excluding carboxylic acids is 1. The van der Waals surface area contributed by atoms with Gasteiger partial charge in [0.2, 0.25) is 5.95 Å². The van der Waals surface area contributed by atoms with Crippen molar-refractivity contribution in [1.82, 2.24) is 14.4 Å². The predicted molar refractivity (Wildman–Crippen MR) is 82.1 cm³/mol. The molecule has 112 valence electrons. The van der Waals surface area contributed by atoms with Crippen LogP contribution in [0.3, 0.4) is 0 Å². The summed E-state index contributed by atoms with van der Waals surface area (Å²) < 4.78 is 7.40. The lowest BCUT2D eigenvalue weighted by Crippen LogP contribution is -2.40. The number of hydrogen-bond acceptors (Lipinski definition) is 6. The number of rotatable bonds is 2. The van der Waals surface area contributed by atoms with E-state index in [1.165, 1.54) is 7.11 Å². The highest BCUT2D eigenvalue weighted by molar-refractivity contribution is 9.10. The summed E-state index contributed by atoms with van der Waals surface area (Å²) in [6, 6.07) is 0. The van der Waals surface area contributed by atoms with Gasteiger partial charge in [0.1, 0.15) is 10.1 Å². The third-order valence-corrected chi connectivity index (χ3v) is 4.31. The Hall–Kier alpha value is -1.83. The summed E-state index contributed by atoms with van der Waals surface area (Å²) in [6.07, 6.45) is 5.23. The Balaban J connectivity index is 1.97. The van der Waals surface area contributed by atoms with Crippen molar-refractivity contribution >= 4 is 39.2 Å². The first-order valence-corrected chi connectivity index (χ1v) is 7.52. The van der Waals surface area contributed by atoms with Crippen LogP contribution in [0, 0.1) is 5.92 Å². The summed E-state index contributed by atoms with van der Waals surface area (Å²) in [5, 5.41) is 0. The number of carbonyl (C=O) groups is 1. The van der Waals surface area contributed by atoms with Crippen LogP contribution >= 0.6 is 15.9 Å². The van der Waals surface area contributed by atoms with Gasteiger partial charge in [-0.25, -0.2) is 9.97 Å². The standard InChI is InChI=1S/C13H16BrN5O2/c1-21-12(20)8-3-2-5-18(7-8)13-17-10(14)9-11(15)16-4-6-19(9)13/h4,6,8H,2-3,5,7H2,1H3,(H2,15,16)/t8-/m0/s1. The van der Waals surface area contributed by atoms with Crippen LogP contribution in [0.2, 0.25) is 0 Å². The summed E-state index contributed by atoms with van der Waals surface area (Å²) in [4.78, 5) is 22.4. The lowest BCUT2D eigenvalue weighted by Gasteiger charge is -2.31. The number of halogens is 1. The maximum atomic E-state index is 11.8. The van der Waals surface area contributed by atoms with Crippen molar-refractivity contribution in [1.29, 1.82) is 0 Å². The molecule has 0 saturated carbocycles. The van der Waals surface area contributed by atoms with Crippen LogP contribution in [0.4, 0.5) is 11.8 Å². The fourth-order valence-electron chi connectivity index (χ4n) is 2.75. The van der Waals surface area contributed by atoms with E-state index in [-0.39, 0.29) is 11.9 Å². The molecule has 21 heavy (non-hydrogen) atoms. The summed E-state index contributed by atoms with van der Waals surface area (Å²) in [5.74, 6) is 0.902. The molecule has 2 aromatic heterocycles. The molecule has 1 fully saturated rings. The fourth-order valence-corrected chi connectivity index (χ4v) is 3.30. The minimum absolute atomic E-state index is 0.117. The maximum absolute atomic E-state index is 11.8. The molecule has 1 aliphatic rings. The minimum atomic E-state index is -0.166. The Morgan fingerprint density at radius 2 is 2.38 bits per heavy atom. The maximum Gasteiger partial charge on any atom is 0.310 e. The molecule has 0 unspecified atom stereocenters. The number of nitrogens with zero attached hydrogens (tertiary/aromatic N) is 4.